The third-order valence-electron chi connectivity index (χ3n) is 2.56. The molecule has 0 bridgehead atoms. The normalized spacial score (nSPS) is 11.7. The van der Waals surface area contributed by atoms with Crippen LogP contribution in [-0.2, 0) is 7.05 Å². The van der Waals surface area contributed by atoms with Crippen LogP contribution in [0.5, 0.6) is 0 Å². The summed E-state index contributed by atoms with van der Waals surface area (Å²) in [4.78, 5) is 4.58. The Hall–Kier alpha value is -2.09. The summed E-state index contributed by atoms with van der Waals surface area (Å²) in [5.41, 5.74) is 3.10. The third kappa shape index (κ3) is 1.58. The van der Waals surface area contributed by atoms with Crippen LogP contribution >= 0.6 is 0 Å². The average Bonchev–Trinajstić information content (AvgIpc) is 2.64. The Morgan fingerprint density at radius 1 is 1.31 bits per heavy atom. The predicted molar refractivity (Wildman–Crippen MR) is 69.1 cm³/mol. The Labute approximate surface area is 95.2 Å². The van der Waals surface area contributed by atoms with E-state index in [-0.39, 0.29) is 0 Å². The van der Waals surface area contributed by atoms with Crippen molar-refractivity contribution >= 4 is 16.6 Å². The zero-order valence-corrected chi connectivity index (χ0v) is 9.35. The molecular weight excluding hydrogens is 196 g/mol. The molecule has 0 N–H and O–H groups in total. The van der Waals surface area contributed by atoms with E-state index in [1.54, 1.807) is 12.2 Å². The standard InChI is InChI=1S/C14H14N2/c1-4-8-11(5-2)14-15-12-9-6-7-10-13(12)16(14)3/h4-10H,1-2H2,3H3/b11-8+. The maximum absolute atomic E-state index is 4.58. The van der Waals surface area contributed by atoms with Gasteiger partial charge in [0, 0.05) is 12.6 Å². The molecule has 16 heavy (non-hydrogen) atoms. The lowest BCUT2D eigenvalue weighted by molar-refractivity contribution is 0.924. The molecular formula is C14H14N2. The summed E-state index contributed by atoms with van der Waals surface area (Å²) in [5, 5.41) is 0. The summed E-state index contributed by atoms with van der Waals surface area (Å²) in [5.74, 6) is 0.913. The van der Waals surface area contributed by atoms with Crippen LogP contribution in [0, 0.1) is 0 Å². The Morgan fingerprint density at radius 3 is 2.69 bits per heavy atom. The molecule has 0 fully saturated rings. The smallest absolute Gasteiger partial charge is 0.140 e. The highest BCUT2D eigenvalue weighted by Gasteiger charge is 2.08. The first-order valence-electron chi connectivity index (χ1n) is 5.15. The van der Waals surface area contributed by atoms with Crippen LogP contribution in [0.15, 0.2) is 55.7 Å². The molecule has 0 spiro atoms. The molecule has 1 heterocycles. The van der Waals surface area contributed by atoms with Gasteiger partial charge in [-0.05, 0) is 12.1 Å². The number of hydrogen-bond donors (Lipinski definition) is 0. The molecule has 0 saturated carbocycles. The molecule has 0 radical (unpaired) electrons. The number of aromatic nitrogens is 2. The molecule has 1 aromatic carbocycles. The van der Waals surface area contributed by atoms with Gasteiger partial charge in [0.2, 0.25) is 0 Å². The van der Waals surface area contributed by atoms with Crippen LogP contribution < -0.4 is 0 Å². The number of rotatable bonds is 3. The number of fused-ring (bicyclic) bond motifs is 1. The van der Waals surface area contributed by atoms with Crippen molar-refractivity contribution in [2.45, 2.75) is 0 Å². The highest BCUT2D eigenvalue weighted by Crippen LogP contribution is 2.20. The number of para-hydroxylation sites is 2. The zero-order chi connectivity index (χ0) is 11.5. The number of benzene rings is 1. The van der Waals surface area contributed by atoms with Crippen LogP contribution in [0.25, 0.3) is 16.6 Å². The summed E-state index contributed by atoms with van der Waals surface area (Å²) in [6, 6.07) is 8.07. The summed E-state index contributed by atoms with van der Waals surface area (Å²) in [6.45, 7) is 7.49. The number of hydrogen-bond acceptors (Lipinski definition) is 1. The van der Waals surface area contributed by atoms with Crippen molar-refractivity contribution in [2.24, 2.45) is 7.05 Å². The average molecular weight is 210 g/mol. The van der Waals surface area contributed by atoms with Crippen molar-refractivity contribution in [3.8, 4) is 0 Å². The fourth-order valence-corrected chi connectivity index (χ4v) is 1.76. The van der Waals surface area contributed by atoms with E-state index in [9.17, 15) is 0 Å². The van der Waals surface area contributed by atoms with E-state index in [2.05, 4.69) is 28.8 Å². The fourth-order valence-electron chi connectivity index (χ4n) is 1.76. The van der Waals surface area contributed by atoms with Crippen LogP contribution in [0.2, 0.25) is 0 Å². The third-order valence-corrected chi connectivity index (χ3v) is 2.56. The molecule has 0 saturated heterocycles. The van der Waals surface area contributed by atoms with Gasteiger partial charge in [-0.15, -0.1) is 0 Å². The molecule has 0 aliphatic rings. The van der Waals surface area contributed by atoms with Gasteiger partial charge in [0.05, 0.1) is 11.0 Å². The lowest BCUT2D eigenvalue weighted by Gasteiger charge is -2.01. The van der Waals surface area contributed by atoms with E-state index in [0.29, 0.717) is 0 Å². The Kier molecular flexibility index (Phi) is 2.73. The summed E-state index contributed by atoms with van der Waals surface area (Å²) in [6.07, 6.45) is 5.45. The van der Waals surface area contributed by atoms with E-state index >= 15 is 0 Å². The first kappa shape index (κ1) is 10.4. The molecule has 0 amide bonds. The molecule has 80 valence electrons. The molecule has 0 atom stereocenters. The molecule has 2 aromatic rings. The van der Waals surface area contributed by atoms with Gasteiger partial charge >= 0.3 is 0 Å². The zero-order valence-electron chi connectivity index (χ0n) is 9.35. The van der Waals surface area contributed by atoms with Gasteiger partial charge in [0.1, 0.15) is 5.82 Å². The Morgan fingerprint density at radius 2 is 2.06 bits per heavy atom. The number of imidazole rings is 1. The molecule has 0 aliphatic carbocycles. The second kappa shape index (κ2) is 4.19. The second-order valence-electron chi connectivity index (χ2n) is 3.54. The molecule has 0 unspecified atom stereocenters. The maximum atomic E-state index is 4.58. The van der Waals surface area contributed by atoms with Crippen LogP contribution in [0.1, 0.15) is 5.82 Å². The van der Waals surface area contributed by atoms with Crippen molar-refractivity contribution < 1.29 is 0 Å². The molecule has 2 heteroatoms. The van der Waals surface area contributed by atoms with Gasteiger partial charge in [0.15, 0.2) is 0 Å². The van der Waals surface area contributed by atoms with Crippen molar-refractivity contribution in [1.29, 1.82) is 0 Å². The van der Waals surface area contributed by atoms with Gasteiger partial charge in [-0.3, -0.25) is 0 Å². The van der Waals surface area contributed by atoms with Gasteiger partial charge in [-0.2, -0.15) is 0 Å². The van der Waals surface area contributed by atoms with Gasteiger partial charge in [-0.25, -0.2) is 4.98 Å². The first-order chi connectivity index (χ1) is 7.77. The molecule has 0 aliphatic heterocycles. The quantitative estimate of drug-likeness (QED) is 0.710. The number of nitrogens with zero attached hydrogens (tertiary/aromatic N) is 2. The van der Waals surface area contributed by atoms with Crippen LogP contribution in [0.3, 0.4) is 0 Å². The minimum atomic E-state index is 0.913. The van der Waals surface area contributed by atoms with Gasteiger partial charge in [0.25, 0.3) is 0 Å². The van der Waals surface area contributed by atoms with Crippen molar-refractivity contribution in [3.63, 3.8) is 0 Å². The number of aryl methyl sites for hydroxylation is 1. The largest absolute Gasteiger partial charge is 0.327 e. The Bertz CT molecular complexity index is 573. The fraction of sp³-hybridized carbons (Fsp3) is 0.0714. The topological polar surface area (TPSA) is 17.8 Å². The summed E-state index contributed by atoms with van der Waals surface area (Å²) < 4.78 is 2.06. The van der Waals surface area contributed by atoms with E-state index in [0.717, 1.165) is 22.4 Å². The highest BCUT2D eigenvalue weighted by molar-refractivity contribution is 5.82. The minimum Gasteiger partial charge on any atom is -0.327 e. The first-order valence-corrected chi connectivity index (χ1v) is 5.15. The van der Waals surface area contributed by atoms with Gasteiger partial charge < -0.3 is 4.57 Å². The van der Waals surface area contributed by atoms with Crippen molar-refractivity contribution in [2.75, 3.05) is 0 Å². The Balaban J connectivity index is 2.69. The van der Waals surface area contributed by atoms with Crippen LogP contribution in [0.4, 0.5) is 0 Å². The van der Waals surface area contributed by atoms with E-state index in [1.165, 1.54) is 0 Å². The monoisotopic (exact) mass is 210 g/mol. The van der Waals surface area contributed by atoms with E-state index < -0.39 is 0 Å². The summed E-state index contributed by atoms with van der Waals surface area (Å²) >= 11 is 0. The van der Waals surface area contributed by atoms with E-state index in [4.69, 9.17) is 0 Å². The van der Waals surface area contributed by atoms with Gasteiger partial charge in [-0.1, -0.05) is 43.5 Å². The van der Waals surface area contributed by atoms with Crippen LogP contribution in [-0.4, -0.2) is 9.55 Å². The molecule has 2 rings (SSSR count). The molecule has 1 aromatic heterocycles. The van der Waals surface area contributed by atoms with E-state index in [1.807, 2.05) is 31.3 Å². The van der Waals surface area contributed by atoms with Crippen molar-refractivity contribution in [1.82, 2.24) is 9.55 Å². The predicted octanol–water partition coefficient (Wildman–Crippen LogP) is 3.33. The summed E-state index contributed by atoms with van der Waals surface area (Å²) in [7, 11) is 2.01. The highest BCUT2D eigenvalue weighted by atomic mass is 15.1. The SMILES string of the molecule is C=C/C=C(\C=C)c1nc2ccccc2n1C. The molecule has 2 nitrogen and oxygen atoms in total. The number of allylic oxidation sites excluding steroid dienone is 4. The minimum absolute atomic E-state index is 0.913. The lowest BCUT2D eigenvalue weighted by Crippen LogP contribution is -1.95. The van der Waals surface area contributed by atoms with Crippen molar-refractivity contribution in [3.05, 3.63) is 61.5 Å². The second-order valence-corrected chi connectivity index (χ2v) is 3.54. The maximum Gasteiger partial charge on any atom is 0.140 e. The lowest BCUT2D eigenvalue weighted by atomic mass is 10.2.